The summed E-state index contributed by atoms with van der Waals surface area (Å²) in [6, 6.07) is 53.1. The van der Waals surface area contributed by atoms with Crippen LogP contribution in [-0.2, 0) is 0 Å². The zero-order valence-electron chi connectivity index (χ0n) is 27.3. The molecule has 1 aliphatic rings. The highest BCUT2D eigenvalue weighted by Gasteiger charge is 2.28. The Bertz CT molecular complexity index is 3010. The number of fused-ring (bicyclic) bond motifs is 9. The molecule has 0 bridgehead atoms. The second kappa shape index (κ2) is 11.2. The molecular weight excluding hydrogens is 647 g/mol. The number of benzene rings is 7. The predicted molar refractivity (Wildman–Crippen MR) is 210 cm³/mol. The molecule has 5 nitrogen and oxygen atoms in total. The number of para-hydroxylation sites is 3. The van der Waals surface area contributed by atoms with Gasteiger partial charge >= 0.3 is 0 Å². The van der Waals surface area contributed by atoms with Crippen molar-refractivity contribution in [1.29, 1.82) is 0 Å². The van der Waals surface area contributed by atoms with Crippen molar-refractivity contribution >= 4 is 81.2 Å². The number of aliphatic imine (C=N–C) groups is 1. The van der Waals surface area contributed by atoms with Crippen molar-refractivity contribution in [3.63, 3.8) is 0 Å². The molecular formula is C45H29N3O2S. The van der Waals surface area contributed by atoms with Gasteiger partial charge in [-0.05, 0) is 29.8 Å². The zero-order chi connectivity index (χ0) is 33.5. The molecule has 4 heterocycles. The molecule has 51 heavy (non-hydrogen) atoms. The van der Waals surface area contributed by atoms with E-state index < -0.39 is 0 Å². The average molecular weight is 676 g/mol. The molecule has 1 aliphatic heterocycles. The van der Waals surface area contributed by atoms with Crippen molar-refractivity contribution in [2.75, 3.05) is 0 Å². The number of furan rings is 2. The molecule has 0 amide bonds. The van der Waals surface area contributed by atoms with Gasteiger partial charge in [-0.15, -0.1) is 11.3 Å². The highest BCUT2D eigenvalue weighted by atomic mass is 32.1. The van der Waals surface area contributed by atoms with E-state index in [2.05, 4.69) is 132 Å². The van der Waals surface area contributed by atoms with E-state index in [-0.39, 0.29) is 12.3 Å². The van der Waals surface area contributed by atoms with Crippen LogP contribution >= 0.6 is 11.3 Å². The van der Waals surface area contributed by atoms with E-state index in [0.717, 1.165) is 66.4 Å². The molecule has 6 heteroatoms. The lowest BCUT2D eigenvalue weighted by atomic mass is 9.99. The number of amidine groups is 1. The Morgan fingerprint density at radius 2 is 1.16 bits per heavy atom. The molecule has 0 aliphatic carbocycles. The normalized spacial score (nSPS) is 16.4. The highest BCUT2D eigenvalue weighted by molar-refractivity contribution is 7.26. The third kappa shape index (κ3) is 4.47. The summed E-state index contributed by atoms with van der Waals surface area (Å²) in [5.41, 5.74) is 9.20. The Morgan fingerprint density at radius 3 is 2.00 bits per heavy atom. The fourth-order valence-electron chi connectivity index (χ4n) is 7.79. The monoisotopic (exact) mass is 675 g/mol. The summed E-state index contributed by atoms with van der Waals surface area (Å²) in [5.74, 6) is 0.858. The summed E-state index contributed by atoms with van der Waals surface area (Å²) in [6.07, 6.45) is -0.478. The molecule has 0 spiro atoms. The fourth-order valence-corrected chi connectivity index (χ4v) is 9.16. The van der Waals surface area contributed by atoms with Gasteiger partial charge < -0.3 is 14.2 Å². The van der Waals surface area contributed by atoms with E-state index in [1.165, 1.54) is 31.3 Å². The maximum Gasteiger partial charge on any atom is 0.143 e. The van der Waals surface area contributed by atoms with Crippen molar-refractivity contribution in [2.45, 2.75) is 12.3 Å². The number of hydrogen-bond donors (Lipinski definition) is 2. The Labute approximate surface area is 296 Å². The quantitative estimate of drug-likeness (QED) is 0.195. The minimum absolute atomic E-state index is 0.196. The standard InChI is InChI=1S/C45H29N3O2S/c1-2-11-26(12-3-1)43-46-44(27-23-24-39-36(25-27)29-14-5-6-21-37(29)49-39)48-45(47-43)35-20-10-19-34-33-18-9-17-32(41(33)51-42(34)35)31-16-8-15-30-28-13-4-7-22-38(28)50-40(30)31/h1-25,44-45,48H,(H,46,47). The predicted octanol–water partition coefficient (Wildman–Crippen LogP) is 11.9. The van der Waals surface area contributed by atoms with E-state index in [0.29, 0.717) is 0 Å². The largest absolute Gasteiger partial charge is 0.456 e. The molecule has 0 saturated heterocycles. The van der Waals surface area contributed by atoms with Crippen LogP contribution in [0.15, 0.2) is 165 Å². The SMILES string of the molecule is c1ccc(C2=NC(c3ccc4oc5ccccc5c4c3)NC(c3cccc4c3sc3c(-c5cccc6c5oc5ccccc56)cccc34)N2)cc1. The van der Waals surface area contributed by atoms with Gasteiger partial charge in [0.2, 0.25) is 0 Å². The smallest absolute Gasteiger partial charge is 0.143 e. The van der Waals surface area contributed by atoms with Gasteiger partial charge in [-0.1, -0.05) is 127 Å². The minimum Gasteiger partial charge on any atom is -0.456 e. The molecule has 242 valence electrons. The van der Waals surface area contributed by atoms with E-state index in [9.17, 15) is 0 Å². The summed E-state index contributed by atoms with van der Waals surface area (Å²) >= 11 is 1.84. The van der Waals surface area contributed by atoms with Crippen molar-refractivity contribution in [3.05, 3.63) is 168 Å². The molecule has 2 unspecified atom stereocenters. The van der Waals surface area contributed by atoms with Gasteiger partial charge in [0.25, 0.3) is 0 Å². The molecule has 0 saturated carbocycles. The molecule has 3 aromatic heterocycles. The van der Waals surface area contributed by atoms with Gasteiger partial charge in [-0.3, -0.25) is 5.32 Å². The van der Waals surface area contributed by atoms with Crippen LogP contribution in [0.1, 0.15) is 29.0 Å². The summed E-state index contributed by atoms with van der Waals surface area (Å²) < 4.78 is 15.1. The number of nitrogens with one attached hydrogen (secondary N) is 2. The third-order valence-corrected chi connectivity index (χ3v) is 11.5. The van der Waals surface area contributed by atoms with Crippen LogP contribution in [0, 0.1) is 0 Å². The van der Waals surface area contributed by atoms with Crippen LogP contribution in [0.2, 0.25) is 0 Å². The summed E-state index contributed by atoms with van der Waals surface area (Å²) in [6.45, 7) is 0. The van der Waals surface area contributed by atoms with E-state index >= 15 is 0 Å². The maximum absolute atomic E-state index is 6.50. The van der Waals surface area contributed by atoms with Crippen molar-refractivity contribution in [2.24, 2.45) is 4.99 Å². The molecule has 10 aromatic rings. The van der Waals surface area contributed by atoms with Crippen molar-refractivity contribution in [3.8, 4) is 11.1 Å². The molecule has 2 N–H and O–H groups in total. The van der Waals surface area contributed by atoms with Crippen LogP contribution < -0.4 is 10.6 Å². The Morgan fingerprint density at radius 1 is 0.510 bits per heavy atom. The summed E-state index contributed by atoms with van der Waals surface area (Å²) in [7, 11) is 0. The molecule has 2 atom stereocenters. The second-order valence-corrected chi connectivity index (χ2v) is 14.2. The average Bonchev–Trinajstić information content (AvgIpc) is 3.89. The van der Waals surface area contributed by atoms with Gasteiger partial charge in [0.15, 0.2) is 0 Å². The summed E-state index contributed by atoms with van der Waals surface area (Å²) in [5, 5.41) is 14.6. The lowest BCUT2D eigenvalue weighted by Gasteiger charge is -2.32. The maximum atomic E-state index is 6.50. The first-order valence-electron chi connectivity index (χ1n) is 17.2. The van der Waals surface area contributed by atoms with Gasteiger partial charge in [0.1, 0.15) is 40.5 Å². The van der Waals surface area contributed by atoms with E-state index in [1.807, 2.05) is 41.7 Å². The van der Waals surface area contributed by atoms with Crippen molar-refractivity contribution < 1.29 is 8.83 Å². The van der Waals surface area contributed by atoms with Crippen molar-refractivity contribution in [1.82, 2.24) is 10.6 Å². The van der Waals surface area contributed by atoms with Crippen LogP contribution in [-0.4, -0.2) is 5.84 Å². The summed E-state index contributed by atoms with van der Waals surface area (Å²) in [4.78, 5) is 5.25. The van der Waals surface area contributed by atoms with Crippen LogP contribution in [0.3, 0.4) is 0 Å². The van der Waals surface area contributed by atoms with Crippen LogP contribution in [0.25, 0.3) is 75.2 Å². The number of hydrogen-bond acceptors (Lipinski definition) is 6. The van der Waals surface area contributed by atoms with Crippen LogP contribution in [0.5, 0.6) is 0 Å². The first kappa shape index (κ1) is 28.6. The molecule has 0 radical (unpaired) electrons. The Hall–Kier alpha value is -6.21. The van der Waals surface area contributed by atoms with Crippen LogP contribution in [0.4, 0.5) is 0 Å². The third-order valence-electron chi connectivity index (χ3n) is 10.2. The van der Waals surface area contributed by atoms with E-state index in [1.54, 1.807) is 0 Å². The first-order valence-corrected chi connectivity index (χ1v) is 18.0. The number of thiophene rings is 1. The fraction of sp³-hybridized carbons (Fsp3) is 0.0444. The van der Waals surface area contributed by atoms with E-state index in [4.69, 9.17) is 13.8 Å². The first-order chi connectivity index (χ1) is 25.3. The molecule has 0 fully saturated rings. The van der Waals surface area contributed by atoms with Gasteiger partial charge in [0, 0.05) is 64.0 Å². The van der Waals surface area contributed by atoms with Gasteiger partial charge in [0.05, 0.1) is 0 Å². The minimum atomic E-state index is -0.282. The number of nitrogens with zero attached hydrogens (tertiary/aromatic N) is 1. The highest BCUT2D eigenvalue weighted by Crippen LogP contribution is 2.45. The zero-order valence-corrected chi connectivity index (χ0v) is 28.1. The molecule has 11 rings (SSSR count). The second-order valence-electron chi connectivity index (χ2n) is 13.1. The van der Waals surface area contributed by atoms with Gasteiger partial charge in [-0.25, -0.2) is 4.99 Å². The topological polar surface area (TPSA) is 62.7 Å². The van der Waals surface area contributed by atoms with Gasteiger partial charge in [-0.2, -0.15) is 0 Å². The number of rotatable bonds is 4. The Balaban J connectivity index is 1.06. The molecule has 7 aromatic carbocycles. The Kier molecular flexibility index (Phi) is 6.26. The lowest BCUT2D eigenvalue weighted by Crippen LogP contribution is -2.45. The lowest BCUT2D eigenvalue weighted by molar-refractivity contribution is 0.411.